The zero-order chi connectivity index (χ0) is 13.8. The molecule has 0 amide bonds. The summed E-state index contributed by atoms with van der Waals surface area (Å²) in [5.41, 5.74) is 0.890. The Morgan fingerprint density at radius 3 is 3.05 bits per heavy atom. The third-order valence-electron chi connectivity index (χ3n) is 3.52. The van der Waals surface area contributed by atoms with Gasteiger partial charge in [-0.15, -0.1) is 0 Å². The van der Waals surface area contributed by atoms with E-state index < -0.39 is 5.97 Å². The van der Waals surface area contributed by atoms with Gasteiger partial charge < -0.3 is 15.3 Å². The van der Waals surface area contributed by atoms with Crippen molar-refractivity contribution in [2.24, 2.45) is 0 Å². The smallest absolute Gasteiger partial charge is 0.337 e. The molecule has 1 aromatic rings. The number of carboxylic acids is 1. The van der Waals surface area contributed by atoms with E-state index in [4.69, 9.17) is 11.6 Å². The van der Waals surface area contributed by atoms with E-state index in [0.717, 1.165) is 32.5 Å². The van der Waals surface area contributed by atoms with E-state index in [1.54, 1.807) is 12.1 Å². The number of carboxylic acid groups (broad SMARTS) is 1. The number of likely N-dealkylation sites (tertiary alicyclic amines) is 1. The van der Waals surface area contributed by atoms with Crippen molar-refractivity contribution in [3.05, 3.63) is 28.8 Å². The van der Waals surface area contributed by atoms with Crippen LogP contribution in [0.1, 0.15) is 30.1 Å². The molecule has 0 spiro atoms. The van der Waals surface area contributed by atoms with E-state index in [2.05, 4.69) is 17.1 Å². The molecule has 104 valence electrons. The predicted molar refractivity (Wildman–Crippen MR) is 77.2 cm³/mol. The van der Waals surface area contributed by atoms with Crippen LogP contribution < -0.4 is 5.32 Å². The Balaban J connectivity index is 2.12. The van der Waals surface area contributed by atoms with Gasteiger partial charge in [-0.2, -0.15) is 0 Å². The molecule has 1 fully saturated rings. The molecule has 1 unspecified atom stereocenters. The van der Waals surface area contributed by atoms with Crippen LogP contribution in [-0.4, -0.2) is 41.7 Å². The summed E-state index contributed by atoms with van der Waals surface area (Å²) in [4.78, 5) is 13.6. The van der Waals surface area contributed by atoms with Crippen molar-refractivity contribution in [2.75, 3.05) is 25.0 Å². The van der Waals surface area contributed by atoms with Gasteiger partial charge in [0.05, 0.1) is 5.56 Å². The van der Waals surface area contributed by atoms with Crippen LogP contribution >= 0.6 is 11.6 Å². The number of anilines is 1. The molecule has 1 heterocycles. The summed E-state index contributed by atoms with van der Waals surface area (Å²) in [7, 11) is 0. The van der Waals surface area contributed by atoms with Crippen LogP contribution in [0.25, 0.3) is 0 Å². The number of hydrogen-bond donors (Lipinski definition) is 2. The topological polar surface area (TPSA) is 52.6 Å². The summed E-state index contributed by atoms with van der Waals surface area (Å²) >= 11 is 5.85. The lowest BCUT2D eigenvalue weighted by Gasteiger charge is -2.33. The summed E-state index contributed by atoms with van der Waals surface area (Å²) in [6, 6.07) is 5.26. The highest BCUT2D eigenvalue weighted by atomic mass is 35.5. The Labute approximate surface area is 118 Å². The second-order valence-corrected chi connectivity index (χ2v) is 5.31. The molecular weight excluding hydrogens is 264 g/mol. The normalized spacial score (nSPS) is 20.2. The van der Waals surface area contributed by atoms with Gasteiger partial charge in [-0.3, -0.25) is 0 Å². The van der Waals surface area contributed by atoms with Gasteiger partial charge >= 0.3 is 5.97 Å². The average molecular weight is 283 g/mol. The summed E-state index contributed by atoms with van der Waals surface area (Å²) in [6.45, 7) is 5.26. The Kier molecular flexibility index (Phi) is 4.66. The summed E-state index contributed by atoms with van der Waals surface area (Å²) in [5.74, 6) is -0.951. The summed E-state index contributed by atoms with van der Waals surface area (Å²) < 4.78 is 0. The molecule has 1 aliphatic rings. The number of carbonyl (C=O) groups is 1. The summed E-state index contributed by atoms with van der Waals surface area (Å²) in [5, 5.41) is 13.0. The number of hydrogen-bond acceptors (Lipinski definition) is 3. The van der Waals surface area contributed by atoms with Crippen LogP contribution in [0, 0.1) is 0 Å². The number of nitrogens with one attached hydrogen (secondary N) is 1. The fourth-order valence-electron chi connectivity index (χ4n) is 2.50. The van der Waals surface area contributed by atoms with Crippen LogP contribution in [0.4, 0.5) is 5.69 Å². The molecule has 4 nitrogen and oxygen atoms in total. The van der Waals surface area contributed by atoms with Crippen LogP contribution in [0.2, 0.25) is 5.02 Å². The molecule has 2 N–H and O–H groups in total. The first kappa shape index (κ1) is 14.2. The van der Waals surface area contributed by atoms with Gasteiger partial charge in [0.15, 0.2) is 0 Å². The molecule has 0 saturated carbocycles. The van der Waals surface area contributed by atoms with Crippen molar-refractivity contribution in [1.29, 1.82) is 0 Å². The van der Waals surface area contributed by atoms with Crippen LogP contribution in [0.3, 0.4) is 0 Å². The highest BCUT2D eigenvalue weighted by Crippen LogP contribution is 2.23. The predicted octanol–water partition coefficient (Wildman–Crippen LogP) is 2.93. The van der Waals surface area contributed by atoms with Gasteiger partial charge in [-0.25, -0.2) is 4.79 Å². The maximum atomic E-state index is 11.2. The van der Waals surface area contributed by atoms with E-state index in [-0.39, 0.29) is 5.56 Å². The lowest BCUT2D eigenvalue weighted by molar-refractivity contribution is 0.0698. The first-order chi connectivity index (χ1) is 9.10. The van der Waals surface area contributed by atoms with Gasteiger partial charge in [-0.1, -0.05) is 18.5 Å². The number of rotatable bonds is 4. The van der Waals surface area contributed by atoms with Gasteiger partial charge in [-0.05, 0) is 44.1 Å². The van der Waals surface area contributed by atoms with Gasteiger partial charge in [0.1, 0.15) is 0 Å². The van der Waals surface area contributed by atoms with Crippen molar-refractivity contribution in [3.63, 3.8) is 0 Å². The number of likely N-dealkylation sites (N-methyl/N-ethyl adjacent to an activating group) is 1. The minimum atomic E-state index is -0.951. The lowest BCUT2D eigenvalue weighted by atomic mass is 10.0. The maximum absolute atomic E-state index is 11.2. The minimum absolute atomic E-state index is 0.237. The third kappa shape index (κ3) is 3.61. The van der Waals surface area contributed by atoms with Gasteiger partial charge in [0, 0.05) is 23.3 Å². The number of nitrogens with zero attached hydrogens (tertiary/aromatic N) is 1. The van der Waals surface area contributed by atoms with E-state index in [1.165, 1.54) is 6.07 Å². The molecule has 2 rings (SSSR count). The van der Waals surface area contributed by atoms with E-state index >= 15 is 0 Å². The second kappa shape index (κ2) is 6.26. The maximum Gasteiger partial charge on any atom is 0.337 e. The molecule has 0 bridgehead atoms. The second-order valence-electron chi connectivity index (χ2n) is 4.87. The first-order valence-corrected chi connectivity index (χ1v) is 6.99. The lowest BCUT2D eigenvalue weighted by Crippen LogP contribution is -2.42. The molecule has 5 heteroatoms. The molecular formula is C14H19ClN2O2. The molecule has 0 aliphatic carbocycles. The van der Waals surface area contributed by atoms with Crippen LogP contribution in [0.5, 0.6) is 0 Å². The Morgan fingerprint density at radius 1 is 1.58 bits per heavy atom. The highest BCUT2D eigenvalue weighted by Gasteiger charge is 2.20. The number of benzene rings is 1. The highest BCUT2D eigenvalue weighted by molar-refractivity contribution is 6.31. The Bertz CT molecular complexity index is 465. The van der Waals surface area contributed by atoms with Crippen molar-refractivity contribution in [1.82, 2.24) is 4.90 Å². The number of aromatic carboxylic acids is 1. The van der Waals surface area contributed by atoms with Crippen LogP contribution in [0.15, 0.2) is 18.2 Å². The zero-order valence-corrected chi connectivity index (χ0v) is 11.8. The molecule has 0 radical (unpaired) electrons. The zero-order valence-electron chi connectivity index (χ0n) is 11.0. The fourth-order valence-corrected chi connectivity index (χ4v) is 2.67. The van der Waals surface area contributed by atoms with E-state index in [0.29, 0.717) is 16.8 Å². The van der Waals surface area contributed by atoms with E-state index in [9.17, 15) is 9.90 Å². The third-order valence-corrected chi connectivity index (χ3v) is 3.76. The average Bonchev–Trinajstić information content (AvgIpc) is 2.41. The van der Waals surface area contributed by atoms with Crippen molar-refractivity contribution >= 4 is 23.3 Å². The number of halogens is 1. The SMILES string of the molecule is CCN1CCCC(Nc2ccc(Cl)cc2C(=O)O)C1. The van der Waals surface area contributed by atoms with Crippen molar-refractivity contribution in [2.45, 2.75) is 25.8 Å². The fraction of sp³-hybridized carbons (Fsp3) is 0.500. The molecule has 19 heavy (non-hydrogen) atoms. The van der Waals surface area contributed by atoms with E-state index in [1.807, 2.05) is 0 Å². The summed E-state index contributed by atoms with van der Waals surface area (Å²) in [6.07, 6.45) is 2.21. The Morgan fingerprint density at radius 2 is 2.37 bits per heavy atom. The van der Waals surface area contributed by atoms with Gasteiger partial charge in [0.2, 0.25) is 0 Å². The molecule has 1 saturated heterocycles. The quantitative estimate of drug-likeness (QED) is 0.891. The molecule has 0 aromatic heterocycles. The van der Waals surface area contributed by atoms with Crippen molar-refractivity contribution < 1.29 is 9.90 Å². The Hall–Kier alpha value is -1.26. The molecule has 1 aromatic carbocycles. The largest absolute Gasteiger partial charge is 0.478 e. The molecule has 1 atom stereocenters. The van der Waals surface area contributed by atoms with Crippen molar-refractivity contribution in [3.8, 4) is 0 Å². The number of piperidine rings is 1. The standard InChI is InChI=1S/C14H19ClN2O2/c1-2-17-7-3-4-11(9-17)16-13-6-5-10(15)8-12(13)14(18)19/h5-6,8,11,16H,2-4,7,9H2,1H3,(H,18,19). The first-order valence-electron chi connectivity index (χ1n) is 6.62. The molecule has 1 aliphatic heterocycles. The van der Waals surface area contributed by atoms with Crippen LogP contribution in [-0.2, 0) is 0 Å². The minimum Gasteiger partial charge on any atom is -0.478 e. The van der Waals surface area contributed by atoms with Gasteiger partial charge in [0.25, 0.3) is 0 Å². The monoisotopic (exact) mass is 282 g/mol.